The molecule has 132 valence electrons. The van der Waals surface area contributed by atoms with Gasteiger partial charge in [-0.25, -0.2) is 0 Å². The number of fused-ring (bicyclic) bond motifs is 1. The van der Waals surface area contributed by atoms with Gasteiger partial charge in [0.15, 0.2) is 6.10 Å². The Balaban J connectivity index is 1.60. The molecule has 0 unspecified atom stereocenters. The molecule has 0 N–H and O–H groups in total. The molecule has 1 atom stereocenters. The van der Waals surface area contributed by atoms with Gasteiger partial charge in [-0.05, 0) is 68.4 Å². The van der Waals surface area contributed by atoms with Crippen LogP contribution in [0.25, 0.3) is 0 Å². The Kier molecular flexibility index (Phi) is 5.42. The summed E-state index contributed by atoms with van der Waals surface area (Å²) in [5.74, 6) is 0.795. The fraction of sp³-hybridized carbons (Fsp3) is 0.409. The quantitative estimate of drug-likeness (QED) is 0.814. The van der Waals surface area contributed by atoms with E-state index in [0.29, 0.717) is 6.54 Å². The summed E-state index contributed by atoms with van der Waals surface area (Å²) in [7, 11) is 1.83. The number of amides is 1. The smallest absolute Gasteiger partial charge is 0.263 e. The third-order valence-corrected chi connectivity index (χ3v) is 4.90. The maximum Gasteiger partial charge on any atom is 0.263 e. The zero-order valence-corrected chi connectivity index (χ0v) is 15.4. The van der Waals surface area contributed by atoms with Gasteiger partial charge in [-0.2, -0.15) is 0 Å². The van der Waals surface area contributed by atoms with E-state index in [1.165, 1.54) is 29.5 Å². The molecule has 3 heteroatoms. The largest absolute Gasteiger partial charge is 0.481 e. The molecule has 0 bridgehead atoms. The Labute approximate surface area is 150 Å². The zero-order valence-electron chi connectivity index (χ0n) is 15.4. The summed E-state index contributed by atoms with van der Waals surface area (Å²) in [5.41, 5.74) is 5.15. The first-order valence-corrected chi connectivity index (χ1v) is 9.12. The van der Waals surface area contributed by atoms with Crippen LogP contribution in [0.4, 0.5) is 0 Å². The minimum absolute atomic E-state index is 0.00158. The van der Waals surface area contributed by atoms with Gasteiger partial charge in [0.1, 0.15) is 5.75 Å². The third-order valence-electron chi connectivity index (χ3n) is 4.90. The Morgan fingerprint density at radius 3 is 2.48 bits per heavy atom. The van der Waals surface area contributed by atoms with Crippen LogP contribution >= 0.6 is 0 Å². The highest BCUT2D eigenvalue weighted by molar-refractivity contribution is 5.80. The summed E-state index contributed by atoms with van der Waals surface area (Å²) in [6, 6.07) is 14.5. The molecule has 0 aromatic heterocycles. The van der Waals surface area contributed by atoms with Crippen molar-refractivity contribution in [1.29, 1.82) is 0 Å². The highest BCUT2D eigenvalue weighted by atomic mass is 16.5. The highest BCUT2D eigenvalue weighted by Gasteiger charge is 2.20. The minimum atomic E-state index is -0.489. The van der Waals surface area contributed by atoms with Gasteiger partial charge in [-0.3, -0.25) is 4.79 Å². The highest BCUT2D eigenvalue weighted by Crippen LogP contribution is 2.26. The van der Waals surface area contributed by atoms with Crippen LogP contribution in [0.15, 0.2) is 42.5 Å². The summed E-state index contributed by atoms with van der Waals surface area (Å²) < 4.78 is 5.93. The van der Waals surface area contributed by atoms with Crippen LogP contribution in [0.2, 0.25) is 0 Å². The van der Waals surface area contributed by atoms with Gasteiger partial charge in [-0.1, -0.05) is 35.9 Å². The van der Waals surface area contributed by atoms with E-state index < -0.39 is 6.10 Å². The molecule has 1 amide bonds. The van der Waals surface area contributed by atoms with E-state index >= 15 is 0 Å². The van der Waals surface area contributed by atoms with Crippen molar-refractivity contribution in [2.75, 3.05) is 7.05 Å². The normalized spacial score (nSPS) is 14.5. The van der Waals surface area contributed by atoms with Gasteiger partial charge in [0, 0.05) is 13.6 Å². The van der Waals surface area contributed by atoms with Crippen molar-refractivity contribution in [1.82, 2.24) is 4.90 Å². The van der Waals surface area contributed by atoms with Gasteiger partial charge in [0.05, 0.1) is 0 Å². The summed E-state index contributed by atoms with van der Waals surface area (Å²) in [6.07, 6.45) is 4.29. The van der Waals surface area contributed by atoms with Crippen molar-refractivity contribution < 1.29 is 9.53 Å². The molecule has 2 aromatic rings. The van der Waals surface area contributed by atoms with Gasteiger partial charge in [0.2, 0.25) is 0 Å². The Hall–Kier alpha value is -2.29. The number of benzene rings is 2. The molecule has 0 aliphatic heterocycles. The molecule has 0 radical (unpaired) electrons. The second kappa shape index (κ2) is 7.73. The number of nitrogens with zero attached hydrogens (tertiary/aromatic N) is 1. The lowest BCUT2D eigenvalue weighted by Gasteiger charge is -2.23. The summed E-state index contributed by atoms with van der Waals surface area (Å²) in [5, 5.41) is 0. The molecule has 3 nitrogen and oxygen atoms in total. The number of hydrogen-bond acceptors (Lipinski definition) is 2. The second-order valence-electron chi connectivity index (χ2n) is 7.08. The molecule has 0 saturated carbocycles. The van der Waals surface area contributed by atoms with Crippen molar-refractivity contribution in [3.05, 3.63) is 64.7 Å². The van der Waals surface area contributed by atoms with Gasteiger partial charge >= 0.3 is 0 Å². The first-order chi connectivity index (χ1) is 12.0. The average molecular weight is 337 g/mol. The number of rotatable bonds is 5. The molecule has 1 aliphatic carbocycles. The summed E-state index contributed by atoms with van der Waals surface area (Å²) >= 11 is 0. The molecular formula is C22H27NO2. The average Bonchev–Trinajstić information content (AvgIpc) is 2.62. The first-order valence-electron chi connectivity index (χ1n) is 9.12. The van der Waals surface area contributed by atoms with E-state index in [9.17, 15) is 4.79 Å². The molecule has 2 aromatic carbocycles. The standard InChI is InChI=1S/C22H27NO2/c1-16-8-10-18(11-9-16)15-23(3)22(24)17(2)25-21-13-12-19-6-4-5-7-20(19)14-21/h8-14,17H,4-7,15H2,1-3H3/t17-/m1/s1. The van der Waals surface area contributed by atoms with E-state index in [0.717, 1.165) is 24.2 Å². The van der Waals surface area contributed by atoms with Gasteiger partial charge in [0.25, 0.3) is 5.91 Å². The van der Waals surface area contributed by atoms with Crippen LogP contribution in [0.1, 0.15) is 42.0 Å². The lowest BCUT2D eigenvalue weighted by atomic mass is 9.92. The maximum absolute atomic E-state index is 12.6. The number of carbonyl (C=O) groups is 1. The fourth-order valence-electron chi connectivity index (χ4n) is 3.39. The van der Waals surface area contributed by atoms with E-state index in [2.05, 4.69) is 43.3 Å². The number of hydrogen-bond donors (Lipinski definition) is 0. The number of carbonyl (C=O) groups excluding carboxylic acids is 1. The van der Waals surface area contributed by atoms with Crippen LogP contribution in [0.3, 0.4) is 0 Å². The Morgan fingerprint density at radius 1 is 1.08 bits per heavy atom. The lowest BCUT2D eigenvalue weighted by molar-refractivity contribution is -0.137. The number of aryl methyl sites for hydroxylation is 3. The van der Waals surface area contributed by atoms with Crippen LogP contribution in [0, 0.1) is 6.92 Å². The van der Waals surface area contributed by atoms with Crippen molar-refractivity contribution in [2.24, 2.45) is 0 Å². The van der Waals surface area contributed by atoms with Crippen molar-refractivity contribution in [3.8, 4) is 5.75 Å². The third kappa shape index (κ3) is 4.41. The molecule has 0 fully saturated rings. The molecule has 0 saturated heterocycles. The first kappa shape index (κ1) is 17.5. The summed E-state index contributed by atoms with van der Waals surface area (Å²) in [4.78, 5) is 14.3. The monoisotopic (exact) mass is 337 g/mol. The minimum Gasteiger partial charge on any atom is -0.481 e. The van der Waals surface area contributed by atoms with E-state index in [1.807, 2.05) is 20.0 Å². The van der Waals surface area contributed by atoms with Crippen LogP contribution in [-0.2, 0) is 24.2 Å². The van der Waals surface area contributed by atoms with Crippen LogP contribution in [-0.4, -0.2) is 24.0 Å². The molecular weight excluding hydrogens is 310 g/mol. The Bertz CT molecular complexity index is 736. The van der Waals surface area contributed by atoms with Crippen molar-refractivity contribution in [3.63, 3.8) is 0 Å². The molecule has 3 rings (SSSR count). The fourth-order valence-corrected chi connectivity index (χ4v) is 3.39. The van der Waals surface area contributed by atoms with Crippen molar-refractivity contribution >= 4 is 5.91 Å². The second-order valence-corrected chi connectivity index (χ2v) is 7.08. The van der Waals surface area contributed by atoms with Gasteiger partial charge in [-0.15, -0.1) is 0 Å². The maximum atomic E-state index is 12.6. The van der Waals surface area contributed by atoms with Crippen molar-refractivity contribution in [2.45, 2.75) is 52.2 Å². The predicted molar refractivity (Wildman–Crippen MR) is 101 cm³/mol. The Morgan fingerprint density at radius 2 is 1.76 bits per heavy atom. The van der Waals surface area contributed by atoms with Crippen LogP contribution < -0.4 is 4.74 Å². The molecule has 0 heterocycles. The SMILES string of the molecule is Cc1ccc(CN(C)C(=O)[C@@H](C)Oc2ccc3c(c2)CCCC3)cc1. The molecule has 0 spiro atoms. The molecule has 1 aliphatic rings. The zero-order chi connectivity index (χ0) is 17.8. The lowest BCUT2D eigenvalue weighted by Crippen LogP contribution is -2.37. The summed E-state index contributed by atoms with van der Waals surface area (Å²) in [6.45, 7) is 4.48. The number of ether oxygens (including phenoxy) is 1. The topological polar surface area (TPSA) is 29.5 Å². The van der Waals surface area contributed by atoms with E-state index in [4.69, 9.17) is 4.74 Å². The van der Waals surface area contributed by atoms with Gasteiger partial charge < -0.3 is 9.64 Å². The molecule has 25 heavy (non-hydrogen) atoms. The van der Waals surface area contributed by atoms with E-state index in [1.54, 1.807) is 4.90 Å². The number of likely N-dealkylation sites (N-methyl/N-ethyl adjacent to an activating group) is 1. The predicted octanol–water partition coefficient (Wildman–Crippen LogP) is 4.30. The van der Waals surface area contributed by atoms with Crippen LogP contribution in [0.5, 0.6) is 5.75 Å². The van der Waals surface area contributed by atoms with E-state index in [-0.39, 0.29) is 5.91 Å².